The van der Waals surface area contributed by atoms with Crippen LogP contribution in [0.1, 0.15) is 18.0 Å². The average Bonchev–Trinajstić information content (AvgIpc) is 2.60. The van der Waals surface area contributed by atoms with Crippen LogP contribution >= 0.6 is 0 Å². The van der Waals surface area contributed by atoms with Crippen molar-refractivity contribution < 1.29 is 28.6 Å². The summed E-state index contributed by atoms with van der Waals surface area (Å²) >= 11 is 0. The van der Waals surface area contributed by atoms with Gasteiger partial charge in [-0.3, -0.25) is 9.59 Å². The molecule has 0 aromatic heterocycles. The minimum atomic E-state index is -1.08. The monoisotopic (exact) mass is 347 g/mol. The molecule has 0 bridgehead atoms. The highest BCUT2D eigenvalue weighted by Gasteiger charge is 2.18. The van der Waals surface area contributed by atoms with E-state index in [0.29, 0.717) is 17.1 Å². The molecule has 1 atom stereocenters. The number of carbonyl (C=O) groups excluding carboxylic acids is 1. The van der Waals surface area contributed by atoms with Gasteiger partial charge in [-0.2, -0.15) is 0 Å². The number of amides is 1. The molecular weight excluding hydrogens is 329 g/mol. The van der Waals surface area contributed by atoms with Gasteiger partial charge in [-0.05, 0) is 42.0 Å². The Morgan fingerprint density at radius 3 is 2.24 bits per heavy atom. The van der Waals surface area contributed by atoms with Crippen LogP contribution < -0.4 is 14.8 Å². The van der Waals surface area contributed by atoms with Crippen molar-refractivity contribution in [1.29, 1.82) is 0 Å². The standard InChI is InChI=1S/C18H18FNO5/c1-24-14-6-8-15(9-7-14)25-11-17(21)20-16(10-18(22)23)12-2-4-13(19)5-3-12/h2-9,16H,10-11H2,1H3,(H,20,21)(H,22,23). The van der Waals surface area contributed by atoms with Crippen LogP contribution in [0.15, 0.2) is 48.5 Å². The normalized spacial score (nSPS) is 11.4. The predicted octanol–water partition coefficient (Wildman–Crippen LogP) is 2.55. The molecule has 2 rings (SSSR count). The first-order valence-electron chi connectivity index (χ1n) is 7.51. The molecule has 0 aliphatic carbocycles. The maximum absolute atomic E-state index is 13.0. The molecule has 2 aromatic carbocycles. The van der Waals surface area contributed by atoms with Gasteiger partial charge in [-0.25, -0.2) is 4.39 Å². The summed E-state index contributed by atoms with van der Waals surface area (Å²) in [6, 6.07) is 11.2. The largest absolute Gasteiger partial charge is 0.497 e. The second-order valence-corrected chi connectivity index (χ2v) is 5.23. The Bertz CT molecular complexity index is 715. The fourth-order valence-electron chi connectivity index (χ4n) is 2.18. The van der Waals surface area contributed by atoms with Crippen molar-refractivity contribution in [3.8, 4) is 11.5 Å². The molecule has 0 spiro atoms. The molecule has 0 radical (unpaired) electrons. The first-order valence-corrected chi connectivity index (χ1v) is 7.51. The molecule has 7 heteroatoms. The van der Waals surface area contributed by atoms with E-state index in [1.54, 1.807) is 31.4 Å². The number of benzene rings is 2. The highest BCUT2D eigenvalue weighted by Crippen LogP contribution is 2.19. The maximum Gasteiger partial charge on any atom is 0.305 e. The van der Waals surface area contributed by atoms with Gasteiger partial charge in [0.25, 0.3) is 5.91 Å². The van der Waals surface area contributed by atoms with Crippen molar-refractivity contribution in [2.45, 2.75) is 12.5 Å². The van der Waals surface area contributed by atoms with Gasteiger partial charge in [0.1, 0.15) is 17.3 Å². The molecule has 2 aromatic rings. The quantitative estimate of drug-likeness (QED) is 0.767. The number of halogens is 1. The van der Waals surface area contributed by atoms with Crippen molar-refractivity contribution in [3.63, 3.8) is 0 Å². The van der Waals surface area contributed by atoms with Gasteiger partial charge in [0, 0.05) is 0 Å². The Morgan fingerprint density at radius 1 is 1.08 bits per heavy atom. The van der Waals surface area contributed by atoms with Crippen LogP contribution in [0.2, 0.25) is 0 Å². The van der Waals surface area contributed by atoms with Gasteiger partial charge in [0.05, 0.1) is 19.6 Å². The number of methoxy groups -OCH3 is 1. The predicted molar refractivity (Wildman–Crippen MR) is 88.0 cm³/mol. The zero-order chi connectivity index (χ0) is 18.2. The Labute approximate surface area is 144 Å². The van der Waals surface area contributed by atoms with E-state index >= 15 is 0 Å². The molecule has 0 saturated carbocycles. The number of carboxylic acid groups (broad SMARTS) is 1. The second-order valence-electron chi connectivity index (χ2n) is 5.23. The van der Waals surface area contributed by atoms with Crippen LogP contribution in [0.5, 0.6) is 11.5 Å². The van der Waals surface area contributed by atoms with Crippen molar-refractivity contribution in [1.82, 2.24) is 5.32 Å². The second kappa shape index (κ2) is 8.68. The lowest BCUT2D eigenvalue weighted by molar-refractivity contribution is -0.137. The number of rotatable bonds is 8. The summed E-state index contributed by atoms with van der Waals surface area (Å²) in [6.07, 6.45) is -0.320. The minimum absolute atomic E-state index is 0.274. The fourth-order valence-corrected chi connectivity index (χ4v) is 2.18. The summed E-state index contributed by atoms with van der Waals surface area (Å²) in [6.45, 7) is -0.274. The lowest BCUT2D eigenvalue weighted by Gasteiger charge is -2.17. The number of hydrogen-bond acceptors (Lipinski definition) is 4. The van der Waals surface area contributed by atoms with Gasteiger partial charge in [-0.1, -0.05) is 12.1 Å². The van der Waals surface area contributed by atoms with E-state index in [0.717, 1.165) is 0 Å². The maximum atomic E-state index is 13.0. The van der Waals surface area contributed by atoms with Gasteiger partial charge < -0.3 is 19.9 Å². The molecule has 0 heterocycles. The van der Waals surface area contributed by atoms with Crippen LogP contribution in [0, 0.1) is 5.82 Å². The zero-order valence-corrected chi connectivity index (χ0v) is 13.6. The molecular formula is C18H18FNO5. The van der Waals surface area contributed by atoms with Gasteiger partial charge in [0.2, 0.25) is 0 Å². The summed E-state index contributed by atoms with van der Waals surface area (Å²) in [5, 5.41) is 11.6. The summed E-state index contributed by atoms with van der Waals surface area (Å²) < 4.78 is 23.4. The van der Waals surface area contributed by atoms with E-state index in [2.05, 4.69) is 5.32 Å². The summed E-state index contributed by atoms with van der Waals surface area (Å²) in [4.78, 5) is 23.0. The minimum Gasteiger partial charge on any atom is -0.497 e. The van der Waals surface area contributed by atoms with Crippen LogP contribution in [-0.4, -0.2) is 30.7 Å². The van der Waals surface area contributed by atoms with Crippen molar-refractivity contribution in [2.24, 2.45) is 0 Å². The molecule has 25 heavy (non-hydrogen) atoms. The zero-order valence-electron chi connectivity index (χ0n) is 13.6. The first-order chi connectivity index (χ1) is 12.0. The van der Waals surface area contributed by atoms with Crippen LogP contribution in [0.3, 0.4) is 0 Å². The SMILES string of the molecule is COc1ccc(OCC(=O)NC(CC(=O)O)c2ccc(F)cc2)cc1. The van der Waals surface area contributed by atoms with E-state index in [9.17, 15) is 14.0 Å². The lowest BCUT2D eigenvalue weighted by Crippen LogP contribution is -2.33. The Kier molecular flexibility index (Phi) is 6.33. The fraction of sp³-hybridized carbons (Fsp3) is 0.222. The van der Waals surface area contributed by atoms with Crippen LogP contribution in [-0.2, 0) is 9.59 Å². The average molecular weight is 347 g/mol. The molecule has 6 nitrogen and oxygen atoms in total. The third-order valence-corrected chi connectivity index (χ3v) is 3.42. The topological polar surface area (TPSA) is 84.9 Å². The third kappa shape index (κ3) is 5.80. The molecule has 0 aliphatic heterocycles. The first kappa shape index (κ1) is 18.3. The van der Waals surface area contributed by atoms with E-state index in [4.69, 9.17) is 14.6 Å². The Morgan fingerprint density at radius 2 is 1.68 bits per heavy atom. The smallest absolute Gasteiger partial charge is 0.305 e. The molecule has 0 saturated heterocycles. The Hall–Kier alpha value is -3.09. The van der Waals surface area contributed by atoms with Crippen molar-refractivity contribution >= 4 is 11.9 Å². The molecule has 0 fully saturated rings. The molecule has 0 aliphatic rings. The van der Waals surface area contributed by atoms with E-state index in [-0.39, 0.29) is 13.0 Å². The molecule has 1 amide bonds. The molecule has 2 N–H and O–H groups in total. The van der Waals surface area contributed by atoms with E-state index in [1.165, 1.54) is 24.3 Å². The number of hydrogen-bond donors (Lipinski definition) is 2. The van der Waals surface area contributed by atoms with Gasteiger partial charge >= 0.3 is 5.97 Å². The molecule has 132 valence electrons. The van der Waals surface area contributed by atoms with Crippen LogP contribution in [0.4, 0.5) is 4.39 Å². The number of carboxylic acids is 1. The van der Waals surface area contributed by atoms with Crippen molar-refractivity contribution in [3.05, 3.63) is 59.9 Å². The molecule has 1 unspecified atom stereocenters. The van der Waals surface area contributed by atoms with E-state index < -0.39 is 23.7 Å². The number of nitrogens with one attached hydrogen (secondary N) is 1. The van der Waals surface area contributed by atoms with E-state index in [1.807, 2.05) is 0 Å². The lowest BCUT2D eigenvalue weighted by atomic mass is 10.0. The number of carbonyl (C=O) groups is 2. The van der Waals surface area contributed by atoms with Crippen molar-refractivity contribution in [2.75, 3.05) is 13.7 Å². The number of ether oxygens (including phenoxy) is 2. The summed E-state index contributed by atoms with van der Waals surface area (Å²) in [7, 11) is 1.54. The number of aliphatic carboxylic acids is 1. The summed E-state index contributed by atoms with van der Waals surface area (Å²) in [5.41, 5.74) is 0.501. The summed E-state index contributed by atoms with van der Waals surface area (Å²) in [5.74, 6) is -0.855. The third-order valence-electron chi connectivity index (χ3n) is 3.42. The van der Waals surface area contributed by atoms with Gasteiger partial charge in [0.15, 0.2) is 6.61 Å². The van der Waals surface area contributed by atoms with Crippen LogP contribution in [0.25, 0.3) is 0 Å². The Balaban J connectivity index is 1.96. The van der Waals surface area contributed by atoms with Gasteiger partial charge in [-0.15, -0.1) is 0 Å². The highest BCUT2D eigenvalue weighted by atomic mass is 19.1. The highest BCUT2D eigenvalue weighted by molar-refractivity contribution is 5.79.